The summed E-state index contributed by atoms with van der Waals surface area (Å²) in [5, 5.41) is 24.2. The van der Waals surface area contributed by atoms with Gasteiger partial charge in [-0.1, -0.05) is 61.3 Å². The lowest BCUT2D eigenvalue weighted by molar-refractivity contribution is -0.138. The molecule has 0 spiro atoms. The average molecular weight is 533 g/mol. The summed E-state index contributed by atoms with van der Waals surface area (Å²) in [5.41, 5.74) is 1.94. The quantitative estimate of drug-likeness (QED) is 0.481. The van der Waals surface area contributed by atoms with Crippen molar-refractivity contribution in [2.45, 2.75) is 51.0 Å². The standard InChI is InChI=1S/C27H30Cl2N2O5/c1-15(2)11-23(33)31(14-16-7-8-19(28)20(29)12-16)21-13-18(27(35)30-9-10-32)24-17-5-3-4-6-22(17)36-26(24)25(21)34/h3-8,12-13,15,21,24-26,32,34H,9-11,14H2,1-2H3,(H,30,35). The molecule has 0 radical (unpaired) electrons. The molecule has 1 heterocycles. The number of aliphatic hydroxyl groups excluding tert-OH is 2. The highest BCUT2D eigenvalue weighted by Crippen LogP contribution is 2.47. The van der Waals surface area contributed by atoms with Gasteiger partial charge in [0.05, 0.1) is 28.6 Å². The van der Waals surface area contributed by atoms with Gasteiger partial charge >= 0.3 is 0 Å². The topological polar surface area (TPSA) is 99.1 Å². The summed E-state index contributed by atoms with van der Waals surface area (Å²) in [6, 6.07) is 11.7. The first-order chi connectivity index (χ1) is 17.2. The first-order valence-corrected chi connectivity index (χ1v) is 12.7. The molecule has 7 nitrogen and oxygen atoms in total. The molecule has 9 heteroatoms. The number of carbonyl (C=O) groups excluding carboxylic acids is 2. The van der Waals surface area contributed by atoms with Crippen LogP contribution in [0.1, 0.15) is 37.3 Å². The molecule has 1 aliphatic heterocycles. The molecule has 4 atom stereocenters. The fraction of sp³-hybridized carbons (Fsp3) is 0.407. The number of nitrogens with one attached hydrogen (secondary N) is 1. The lowest BCUT2D eigenvalue weighted by Crippen LogP contribution is -2.55. The van der Waals surface area contributed by atoms with E-state index in [1.54, 1.807) is 35.2 Å². The zero-order valence-electron chi connectivity index (χ0n) is 20.2. The third-order valence-electron chi connectivity index (χ3n) is 6.48. The van der Waals surface area contributed by atoms with Crippen LogP contribution in [0.2, 0.25) is 10.0 Å². The molecule has 2 aromatic carbocycles. The van der Waals surface area contributed by atoms with Crippen LogP contribution in [-0.2, 0) is 16.1 Å². The van der Waals surface area contributed by atoms with E-state index in [0.29, 0.717) is 21.4 Å². The van der Waals surface area contributed by atoms with E-state index >= 15 is 0 Å². The largest absolute Gasteiger partial charge is 0.486 e. The van der Waals surface area contributed by atoms with E-state index in [-0.39, 0.29) is 43.8 Å². The van der Waals surface area contributed by atoms with Crippen LogP contribution in [0.3, 0.4) is 0 Å². The van der Waals surface area contributed by atoms with Gasteiger partial charge in [-0.05, 0) is 35.8 Å². The number of nitrogens with zero attached hydrogens (tertiary/aromatic N) is 1. The van der Waals surface area contributed by atoms with Crippen LogP contribution in [0.5, 0.6) is 5.75 Å². The molecule has 2 amide bonds. The Morgan fingerprint density at radius 3 is 2.58 bits per heavy atom. The summed E-state index contributed by atoms with van der Waals surface area (Å²) >= 11 is 12.3. The Bertz CT molecular complexity index is 1170. The number of aliphatic hydroxyl groups is 2. The Labute approximate surface area is 220 Å². The number of rotatable bonds is 8. The van der Waals surface area contributed by atoms with Gasteiger partial charge in [0.1, 0.15) is 18.0 Å². The fourth-order valence-electron chi connectivity index (χ4n) is 4.85. The van der Waals surface area contributed by atoms with Gasteiger partial charge in [-0.15, -0.1) is 0 Å². The Morgan fingerprint density at radius 2 is 1.89 bits per heavy atom. The molecular formula is C27H30Cl2N2O5. The van der Waals surface area contributed by atoms with Crippen molar-refractivity contribution in [2.75, 3.05) is 13.2 Å². The number of amides is 2. The zero-order valence-corrected chi connectivity index (χ0v) is 21.7. The minimum absolute atomic E-state index is 0.0859. The van der Waals surface area contributed by atoms with Crippen molar-refractivity contribution in [1.82, 2.24) is 10.2 Å². The van der Waals surface area contributed by atoms with Gasteiger partial charge < -0.3 is 25.2 Å². The second kappa shape index (κ2) is 11.2. The first-order valence-electron chi connectivity index (χ1n) is 12.0. The number of para-hydroxylation sites is 1. The minimum atomic E-state index is -1.09. The first kappa shape index (κ1) is 26.5. The van der Waals surface area contributed by atoms with E-state index < -0.39 is 24.2 Å². The van der Waals surface area contributed by atoms with Crippen LogP contribution in [0.15, 0.2) is 54.1 Å². The lowest BCUT2D eigenvalue weighted by Gasteiger charge is -2.41. The summed E-state index contributed by atoms with van der Waals surface area (Å²) in [5.74, 6) is -0.358. The van der Waals surface area contributed by atoms with Gasteiger partial charge in [-0.25, -0.2) is 0 Å². The molecule has 4 rings (SSSR count). The van der Waals surface area contributed by atoms with Gasteiger partial charge in [0.2, 0.25) is 11.8 Å². The van der Waals surface area contributed by atoms with Crippen molar-refractivity contribution < 1.29 is 24.5 Å². The van der Waals surface area contributed by atoms with E-state index in [9.17, 15) is 19.8 Å². The molecule has 0 bridgehead atoms. The number of ether oxygens (including phenoxy) is 1. The number of hydrogen-bond donors (Lipinski definition) is 3. The van der Waals surface area contributed by atoms with Crippen LogP contribution in [-0.4, -0.2) is 58.3 Å². The third kappa shape index (κ3) is 5.39. The van der Waals surface area contributed by atoms with Gasteiger partial charge in [-0.2, -0.15) is 0 Å². The van der Waals surface area contributed by atoms with Crippen LogP contribution >= 0.6 is 23.2 Å². The molecular weight excluding hydrogens is 503 g/mol. The van der Waals surface area contributed by atoms with Crippen LogP contribution in [0.4, 0.5) is 0 Å². The van der Waals surface area contributed by atoms with E-state index in [2.05, 4.69) is 5.32 Å². The molecule has 36 heavy (non-hydrogen) atoms. The van der Waals surface area contributed by atoms with E-state index in [1.807, 2.05) is 32.0 Å². The van der Waals surface area contributed by atoms with Crippen molar-refractivity contribution in [2.24, 2.45) is 5.92 Å². The minimum Gasteiger partial charge on any atom is -0.486 e. The fourth-order valence-corrected chi connectivity index (χ4v) is 5.17. The van der Waals surface area contributed by atoms with Gasteiger partial charge in [0.15, 0.2) is 0 Å². The van der Waals surface area contributed by atoms with Crippen molar-refractivity contribution in [3.63, 3.8) is 0 Å². The molecule has 4 unspecified atom stereocenters. The number of hydrogen-bond acceptors (Lipinski definition) is 5. The monoisotopic (exact) mass is 532 g/mol. The Kier molecular flexibility index (Phi) is 8.25. The average Bonchev–Trinajstić information content (AvgIpc) is 3.23. The van der Waals surface area contributed by atoms with Crippen LogP contribution in [0.25, 0.3) is 0 Å². The van der Waals surface area contributed by atoms with Gasteiger partial charge in [-0.3, -0.25) is 9.59 Å². The van der Waals surface area contributed by atoms with E-state index in [1.165, 1.54) is 0 Å². The summed E-state index contributed by atoms with van der Waals surface area (Å²) in [4.78, 5) is 28.3. The maximum absolute atomic E-state index is 13.5. The van der Waals surface area contributed by atoms with Crippen molar-refractivity contribution in [3.8, 4) is 5.75 Å². The van der Waals surface area contributed by atoms with Crippen molar-refractivity contribution >= 4 is 35.0 Å². The molecule has 0 aromatic heterocycles. The molecule has 0 fully saturated rings. The van der Waals surface area contributed by atoms with E-state index in [0.717, 1.165) is 11.1 Å². The molecule has 2 aliphatic rings. The van der Waals surface area contributed by atoms with E-state index in [4.69, 9.17) is 27.9 Å². The number of fused-ring (bicyclic) bond motifs is 3. The molecule has 1 aliphatic carbocycles. The zero-order chi connectivity index (χ0) is 26.0. The summed E-state index contributed by atoms with van der Waals surface area (Å²) in [6.45, 7) is 3.94. The highest BCUT2D eigenvalue weighted by molar-refractivity contribution is 6.42. The van der Waals surface area contributed by atoms with Crippen molar-refractivity contribution in [1.29, 1.82) is 0 Å². The number of benzene rings is 2. The van der Waals surface area contributed by atoms with Crippen molar-refractivity contribution in [3.05, 3.63) is 75.3 Å². The highest BCUT2D eigenvalue weighted by Gasteiger charge is 2.50. The molecule has 0 saturated carbocycles. The maximum atomic E-state index is 13.5. The second-order valence-corrected chi connectivity index (χ2v) is 10.4. The van der Waals surface area contributed by atoms with Gasteiger partial charge in [0, 0.05) is 30.6 Å². The Hall–Kier alpha value is -2.58. The van der Waals surface area contributed by atoms with Crippen LogP contribution < -0.4 is 10.1 Å². The SMILES string of the molecule is CC(C)CC(=O)N(Cc1ccc(Cl)c(Cl)c1)C1C=C(C(=O)NCCO)C2c3ccccc3OC2C1O. The molecule has 2 aromatic rings. The molecule has 0 saturated heterocycles. The lowest BCUT2D eigenvalue weighted by atomic mass is 9.77. The molecule has 3 N–H and O–H groups in total. The summed E-state index contributed by atoms with van der Waals surface area (Å²) in [7, 11) is 0. The summed E-state index contributed by atoms with van der Waals surface area (Å²) in [6.07, 6.45) is 0.0883. The predicted octanol–water partition coefficient (Wildman–Crippen LogP) is 3.69. The maximum Gasteiger partial charge on any atom is 0.247 e. The summed E-state index contributed by atoms with van der Waals surface area (Å²) < 4.78 is 6.14. The third-order valence-corrected chi connectivity index (χ3v) is 7.22. The predicted molar refractivity (Wildman–Crippen MR) is 138 cm³/mol. The second-order valence-electron chi connectivity index (χ2n) is 9.55. The Balaban J connectivity index is 1.76. The molecule has 192 valence electrons. The smallest absolute Gasteiger partial charge is 0.247 e. The highest BCUT2D eigenvalue weighted by atomic mass is 35.5. The number of carbonyl (C=O) groups is 2. The van der Waals surface area contributed by atoms with Gasteiger partial charge in [0.25, 0.3) is 0 Å². The Morgan fingerprint density at radius 1 is 1.14 bits per heavy atom. The number of halogens is 2. The van der Waals surface area contributed by atoms with Crippen LogP contribution in [0, 0.1) is 5.92 Å². The normalized spacial score (nSPS) is 22.4.